The molecule has 8 nitrogen and oxygen atoms in total. The van der Waals surface area contributed by atoms with Gasteiger partial charge in [-0.15, -0.1) is 0 Å². The number of Topliss-reactive ketones (excluding diaryl/α,β-unsaturated/α-hetero) is 1. The number of anilines is 1. The van der Waals surface area contributed by atoms with Crippen LogP contribution in [0.3, 0.4) is 0 Å². The molecule has 2 aromatic heterocycles. The number of hydrogen-bond acceptors (Lipinski definition) is 7. The van der Waals surface area contributed by atoms with Crippen LogP contribution in [-0.2, 0) is 14.5 Å². The number of aromatic nitrogens is 3. The lowest BCUT2D eigenvalue weighted by molar-refractivity contribution is -0.129. The predicted octanol–water partition coefficient (Wildman–Crippen LogP) is 5.58. The quantitative estimate of drug-likeness (QED) is 0.388. The Kier molecular flexibility index (Phi) is 7.92. The lowest BCUT2D eigenvalue weighted by Crippen LogP contribution is -2.39. The highest BCUT2D eigenvalue weighted by atomic mass is 32.2. The fourth-order valence-corrected chi connectivity index (χ4v) is 6.92. The minimum atomic E-state index is -3.01. The molecule has 5 rings (SSSR count). The molecule has 41 heavy (non-hydrogen) atoms. The highest BCUT2D eigenvalue weighted by Gasteiger charge is 2.46. The van der Waals surface area contributed by atoms with Crippen molar-refractivity contribution in [2.75, 3.05) is 29.5 Å². The van der Waals surface area contributed by atoms with Crippen molar-refractivity contribution in [2.45, 2.75) is 44.4 Å². The monoisotopic (exact) mass is 584 g/mol. The highest BCUT2D eigenvalue weighted by Crippen LogP contribution is 2.48. The summed E-state index contributed by atoms with van der Waals surface area (Å²) in [5.41, 5.74) is 2.27. The summed E-state index contributed by atoms with van der Waals surface area (Å²) in [6, 6.07) is 12.1. The second-order valence-electron chi connectivity index (χ2n) is 10.9. The number of alkyl halides is 2. The van der Waals surface area contributed by atoms with Crippen molar-refractivity contribution in [1.82, 2.24) is 14.8 Å². The number of carbonyl (C=O) groups is 1. The van der Waals surface area contributed by atoms with E-state index in [1.54, 1.807) is 13.1 Å². The van der Waals surface area contributed by atoms with Crippen LogP contribution in [0.25, 0.3) is 16.9 Å². The first-order valence-electron chi connectivity index (χ1n) is 13.6. The van der Waals surface area contributed by atoms with Crippen LogP contribution in [0.4, 0.5) is 18.9 Å². The van der Waals surface area contributed by atoms with E-state index in [-0.39, 0.29) is 41.6 Å². The number of halogens is 3. The van der Waals surface area contributed by atoms with Crippen LogP contribution < -0.4 is 4.90 Å². The van der Waals surface area contributed by atoms with E-state index >= 15 is 0 Å². The predicted molar refractivity (Wildman–Crippen MR) is 149 cm³/mol. The number of benzene rings is 1. The van der Waals surface area contributed by atoms with Crippen molar-refractivity contribution in [3.8, 4) is 23.0 Å². The molecule has 1 aliphatic carbocycles. The van der Waals surface area contributed by atoms with Crippen LogP contribution in [0.15, 0.2) is 48.8 Å². The molecule has 1 aromatic carbocycles. The summed E-state index contributed by atoms with van der Waals surface area (Å²) in [5.74, 6) is -5.65. The number of ketones is 1. The summed E-state index contributed by atoms with van der Waals surface area (Å²) in [7, 11) is -2.55. The molecule has 3 atom stereocenters. The Morgan fingerprint density at radius 3 is 2.61 bits per heavy atom. The van der Waals surface area contributed by atoms with Crippen LogP contribution in [0.2, 0.25) is 0 Å². The number of nitriles is 1. The largest absolute Gasteiger partial charge is 0.370 e. The maximum absolute atomic E-state index is 14.8. The number of nitrogens with one attached hydrogen (secondary N) is 1. The van der Waals surface area contributed by atoms with Gasteiger partial charge in [-0.3, -0.25) is 9.57 Å². The van der Waals surface area contributed by atoms with E-state index in [1.807, 2.05) is 35.2 Å². The van der Waals surface area contributed by atoms with Crippen molar-refractivity contribution in [1.29, 1.82) is 10.0 Å². The van der Waals surface area contributed by atoms with Crippen LogP contribution in [0.1, 0.15) is 44.2 Å². The third-order valence-corrected chi connectivity index (χ3v) is 9.63. The van der Waals surface area contributed by atoms with Crippen LogP contribution in [0.5, 0.6) is 0 Å². The number of nitrogens with zero attached hydrogens (tertiary/aromatic N) is 5. The van der Waals surface area contributed by atoms with E-state index in [0.29, 0.717) is 24.2 Å². The van der Waals surface area contributed by atoms with Gasteiger partial charge in [0, 0.05) is 89.1 Å². The van der Waals surface area contributed by atoms with Gasteiger partial charge in [-0.05, 0) is 43.2 Å². The smallest absolute Gasteiger partial charge is 0.248 e. The number of carbonyl (C=O) groups excluding carboxylic acids is 1. The Morgan fingerprint density at radius 1 is 1.24 bits per heavy atom. The fourth-order valence-electron chi connectivity index (χ4n) is 5.68. The van der Waals surface area contributed by atoms with Gasteiger partial charge in [-0.2, -0.15) is 10.4 Å². The molecule has 12 heteroatoms. The normalized spacial score (nSPS) is 22.6. The fraction of sp³-hybridized carbons (Fsp3) is 0.448. The first kappa shape index (κ1) is 28.8. The molecular weight excluding hydrogens is 553 g/mol. The lowest BCUT2D eigenvalue weighted by atomic mass is 9.71. The minimum Gasteiger partial charge on any atom is -0.370 e. The minimum absolute atomic E-state index is 0.0357. The standard InChI is InChI=1S/C29H31F3N6O2S/c1-19(17-33)15-26(39)22-8-9-29(31,32)16-23(22)27-24(18-38(36-27)28-25(30)3-2-10-35-28)20-4-6-21(7-5-20)37-11-13-41(34,40)14-12-37/h2-7,10,18-19,22-23,34H,8-9,11-16H2,1H3/t19-,22-,23-/m1/s1. The maximum atomic E-state index is 14.8. The van der Waals surface area contributed by atoms with Gasteiger partial charge in [0.1, 0.15) is 5.78 Å². The Balaban J connectivity index is 1.56. The van der Waals surface area contributed by atoms with Gasteiger partial charge < -0.3 is 4.90 Å². The van der Waals surface area contributed by atoms with Gasteiger partial charge >= 0.3 is 0 Å². The molecule has 3 aromatic rings. The van der Waals surface area contributed by atoms with E-state index in [9.17, 15) is 27.4 Å². The second kappa shape index (κ2) is 11.3. The first-order valence-corrected chi connectivity index (χ1v) is 15.5. The zero-order chi connectivity index (χ0) is 29.4. The van der Waals surface area contributed by atoms with Crippen molar-refractivity contribution >= 4 is 21.2 Å². The van der Waals surface area contributed by atoms with Gasteiger partial charge in [-0.1, -0.05) is 12.1 Å². The molecule has 2 fully saturated rings. The van der Waals surface area contributed by atoms with E-state index < -0.39 is 52.1 Å². The molecular formula is C29H31F3N6O2S. The highest BCUT2D eigenvalue weighted by molar-refractivity contribution is 7.92. The van der Waals surface area contributed by atoms with Gasteiger partial charge in [0.05, 0.1) is 17.7 Å². The lowest BCUT2D eigenvalue weighted by Gasteiger charge is -2.35. The summed E-state index contributed by atoms with van der Waals surface area (Å²) >= 11 is 0. The molecule has 216 valence electrons. The molecule has 0 unspecified atom stereocenters. The molecule has 0 amide bonds. The summed E-state index contributed by atoms with van der Waals surface area (Å²) < 4.78 is 65.5. The third kappa shape index (κ3) is 6.30. The van der Waals surface area contributed by atoms with Crippen molar-refractivity contribution in [3.63, 3.8) is 0 Å². The Labute approximate surface area is 237 Å². The molecule has 0 spiro atoms. The summed E-state index contributed by atoms with van der Waals surface area (Å²) in [5, 5.41) is 13.8. The van der Waals surface area contributed by atoms with Crippen LogP contribution in [-0.4, -0.2) is 55.3 Å². The van der Waals surface area contributed by atoms with Gasteiger partial charge in [-0.25, -0.2) is 27.0 Å². The zero-order valence-electron chi connectivity index (χ0n) is 22.6. The summed E-state index contributed by atoms with van der Waals surface area (Å²) in [6.07, 6.45) is 1.87. The molecule has 1 N–H and O–H groups in total. The Bertz CT molecular complexity index is 1570. The number of rotatable bonds is 7. The molecule has 0 bridgehead atoms. The zero-order valence-corrected chi connectivity index (χ0v) is 23.4. The van der Waals surface area contributed by atoms with Crippen molar-refractivity contribution in [2.24, 2.45) is 11.8 Å². The van der Waals surface area contributed by atoms with E-state index in [4.69, 9.17) is 4.78 Å². The average Bonchev–Trinajstić information content (AvgIpc) is 3.38. The third-order valence-electron chi connectivity index (χ3n) is 7.94. The van der Waals surface area contributed by atoms with E-state index in [2.05, 4.69) is 10.1 Å². The molecule has 1 aliphatic heterocycles. The van der Waals surface area contributed by atoms with Gasteiger partial charge in [0.15, 0.2) is 11.6 Å². The Morgan fingerprint density at radius 2 is 1.95 bits per heavy atom. The van der Waals surface area contributed by atoms with Crippen LogP contribution >= 0.6 is 0 Å². The average molecular weight is 585 g/mol. The Hall–Kier alpha value is -3.72. The summed E-state index contributed by atoms with van der Waals surface area (Å²) in [6.45, 7) is 2.61. The first-order chi connectivity index (χ1) is 19.5. The van der Waals surface area contributed by atoms with Crippen LogP contribution in [0, 0.1) is 33.8 Å². The summed E-state index contributed by atoms with van der Waals surface area (Å²) in [4.78, 5) is 19.4. The SMILES string of the molecule is C[C@@H](C#N)CC(=O)[C@@H]1CCC(F)(F)C[C@H]1c1nn(-c2ncccc2F)cc1-c1ccc(N2CCS(=N)(=O)CC2)cc1. The maximum Gasteiger partial charge on any atom is 0.248 e. The van der Waals surface area contributed by atoms with E-state index in [0.717, 1.165) is 5.69 Å². The second-order valence-corrected chi connectivity index (χ2v) is 13.4. The molecule has 1 saturated carbocycles. The molecule has 0 radical (unpaired) electrons. The van der Waals surface area contributed by atoms with E-state index in [1.165, 1.54) is 23.0 Å². The number of hydrogen-bond donors (Lipinski definition) is 1. The van der Waals surface area contributed by atoms with Gasteiger partial charge in [0.25, 0.3) is 0 Å². The van der Waals surface area contributed by atoms with Crippen molar-refractivity contribution in [3.05, 3.63) is 60.3 Å². The molecule has 2 aliphatic rings. The molecule has 3 heterocycles. The van der Waals surface area contributed by atoms with Crippen molar-refractivity contribution < 1.29 is 22.2 Å². The topological polar surface area (TPSA) is 116 Å². The number of pyridine rings is 1. The van der Waals surface area contributed by atoms with Gasteiger partial charge in [0.2, 0.25) is 5.92 Å². The molecule has 1 saturated heterocycles.